The van der Waals surface area contributed by atoms with Gasteiger partial charge in [0.15, 0.2) is 11.0 Å². The molecule has 0 aliphatic heterocycles. The minimum atomic E-state index is -0.590. The van der Waals surface area contributed by atoms with E-state index in [-0.39, 0.29) is 47.0 Å². The standard InChI is InChI=1S/C23H21ClN6O4/c1-14(2)27-22-23(32)29(13-19(31)26-12-16-8-6-15(11-25)7-9-16)20(21(24)28-22)17-4-3-5-18(10-17)30(33)34/h3-10,14H,12-13H2,1-2H3,(H,26,31)(H,27,28). The number of nitrogens with one attached hydrogen (secondary N) is 2. The van der Waals surface area contributed by atoms with Crippen LogP contribution in [0.2, 0.25) is 5.15 Å². The predicted octanol–water partition coefficient (Wildman–Crippen LogP) is 3.48. The number of carbonyl (C=O) groups is 1. The van der Waals surface area contributed by atoms with Gasteiger partial charge in [0.05, 0.1) is 22.2 Å². The second-order valence-electron chi connectivity index (χ2n) is 7.68. The fourth-order valence-electron chi connectivity index (χ4n) is 3.20. The van der Waals surface area contributed by atoms with Crippen molar-refractivity contribution in [2.75, 3.05) is 5.32 Å². The predicted molar refractivity (Wildman–Crippen MR) is 127 cm³/mol. The van der Waals surface area contributed by atoms with Crippen molar-refractivity contribution in [2.24, 2.45) is 0 Å². The van der Waals surface area contributed by atoms with Gasteiger partial charge in [0.25, 0.3) is 11.2 Å². The third kappa shape index (κ3) is 5.76. The van der Waals surface area contributed by atoms with Crippen molar-refractivity contribution in [3.63, 3.8) is 0 Å². The molecule has 2 aromatic carbocycles. The second-order valence-corrected chi connectivity index (χ2v) is 8.04. The average molecular weight is 481 g/mol. The Morgan fingerprint density at radius 3 is 2.59 bits per heavy atom. The molecule has 0 aliphatic rings. The number of aromatic nitrogens is 2. The molecule has 0 saturated carbocycles. The van der Waals surface area contributed by atoms with E-state index in [1.54, 1.807) is 30.3 Å². The lowest BCUT2D eigenvalue weighted by Gasteiger charge is -2.17. The van der Waals surface area contributed by atoms with Crippen LogP contribution < -0.4 is 16.2 Å². The van der Waals surface area contributed by atoms with Crippen LogP contribution in [0.4, 0.5) is 11.5 Å². The molecule has 1 amide bonds. The van der Waals surface area contributed by atoms with Gasteiger partial charge in [-0.05, 0) is 31.5 Å². The summed E-state index contributed by atoms with van der Waals surface area (Å²) in [5.41, 5.74) is 0.863. The van der Waals surface area contributed by atoms with E-state index in [0.29, 0.717) is 5.56 Å². The number of non-ortho nitro benzene ring substituents is 1. The Morgan fingerprint density at radius 2 is 1.97 bits per heavy atom. The first-order valence-corrected chi connectivity index (χ1v) is 10.6. The Hall–Kier alpha value is -4.23. The lowest BCUT2D eigenvalue weighted by molar-refractivity contribution is -0.384. The van der Waals surface area contributed by atoms with Gasteiger partial charge < -0.3 is 10.6 Å². The maximum absolute atomic E-state index is 13.2. The summed E-state index contributed by atoms with van der Waals surface area (Å²) in [4.78, 5) is 40.7. The van der Waals surface area contributed by atoms with Crippen molar-refractivity contribution < 1.29 is 9.72 Å². The molecule has 2 N–H and O–H groups in total. The first-order chi connectivity index (χ1) is 16.2. The SMILES string of the molecule is CC(C)Nc1nc(Cl)c(-c2cccc([N+](=O)[O-])c2)n(CC(=O)NCc2ccc(C#N)cc2)c1=O. The molecule has 174 valence electrons. The zero-order valence-electron chi connectivity index (χ0n) is 18.4. The highest BCUT2D eigenvalue weighted by molar-refractivity contribution is 6.32. The molecule has 1 heterocycles. The molecule has 0 radical (unpaired) electrons. The van der Waals surface area contributed by atoms with Crippen molar-refractivity contribution in [2.45, 2.75) is 33.0 Å². The second kappa shape index (κ2) is 10.6. The number of amides is 1. The maximum atomic E-state index is 13.2. The Bertz CT molecular complexity index is 1330. The molecule has 0 fully saturated rings. The van der Waals surface area contributed by atoms with Gasteiger partial charge in [0, 0.05) is 30.3 Å². The first kappa shape index (κ1) is 24.4. The fraction of sp³-hybridized carbons (Fsp3) is 0.217. The Balaban J connectivity index is 1.97. The number of nitriles is 1. The van der Waals surface area contributed by atoms with Crippen LogP contribution in [0.3, 0.4) is 0 Å². The van der Waals surface area contributed by atoms with E-state index in [1.807, 2.05) is 19.9 Å². The minimum absolute atomic E-state index is 0.0333. The third-order valence-corrected chi connectivity index (χ3v) is 5.02. The zero-order chi connectivity index (χ0) is 24.8. The van der Waals surface area contributed by atoms with Crippen molar-refractivity contribution in [1.29, 1.82) is 5.26 Å². The number of halogens is 1. The largest absolute Gasteiger partial charge is 0.363 e. The van der Waals surface area contributed by atoms with E-state index in [9.17, 15) is 19.7 Å². The lowest BCUT2D eigenvalue weighted by Crippen LogP contribution is -2.35. The quantitative estimate of drug-likeness (QED) is 0.371. The number of anilines is 1. The van der Waals surface area contributed by atoms with E-state index in [1.165, 1.54) is 18.2 Å². The van der Waals surface area contributed by atoms with E-state index >= 15 is 0 Å². The molecule has 10 nitrogen and oxygen atoms in total. The summed E-state index contributed by atoms with van der Waals surface area (Å²) in [5.74, 6) is -0.509. The molecule has 3 aromatic rings. The fourth-order valence-corrected chi connectivity index (χ4v) is 3.49. The Kier molecular flexibility index (Phi) is 7.60. The van der Waals surface area contributed by atoms with Gasteiger partial charge in [-0.3, -0.25) is 24.3 Å². The van der Waals surface area contributed by atoms with Crippen LogP contribution in [0.5, 0.6) is 0 Å². The zero-order valence-corrected chi connectivity index (χ0v) is 19.2. The van der Waals surface area contributed by atoms with Gasteiger partial charge in [0.2, 0.25) is 5.91 Å². The van der Waals surface area contributed by atoms with Crippen LogP contribution in [-0.2, 0) is 17.9 Å². The summed E-state index contributed by atoms with van der Waals surface area (Å²) < 4.78 is 1.15. The van der Waals surface area contributed by atoms with Crippen LogP contribution in [-0.4, -0.2) is 26.4 Å². The average Bonchev–Trinajstić information content (AvgIpc) is 2.81. The highest BCUT2D eigenvalue weighted by atomic mass is 35.5. The maximum Gasteiger partial charge on any atom is 0.294 e. The molecule has 34 heavy (non-hydrogen) atoms. The van der Waals surface area contributed by atoms with E-state index in [0.717, 1.165) is 10.1 Å². The first-order valence-electron chi connectivity index (χ1n) is 10.3. The monoisotopic (exact) mass is 480 g/mol. The van der Waals surface area contributed by atoms with Gasteiger partial charge in [0.1, 0.15) is 6.54 Å². The molecular formula is C23H21ClN6O4. The van der Waals surface area contributed by atoms with Crippen LogP contribution in [0.25, 0.3) is 11.3 Å². The Morgan fingerprint density at radius 1 is 1.26 bits per heavy atom. The molecular weight excluding hydrogens is 460 g/mol. The summed E-state index contributed by atoms with van der Waals surface area (Å²) in [6.07, 6.45) is 0. The number of rotatable bonds is 8. The number of nitrogens with zero attached hydrogens (tertiary/aromatic N) is 4. The molecule has 3 rings (SSSR count). The molecule has 0 saturated heterocycles. The number of benzene rings is 2. The summed E-state index contributed by atoms with van der Waals surface area (Å²) in [6, 6.07) is 14.2. The van der Waals surface area contributed by atoms with Crippen molar-refractivity contribution in [3.05, 3.63) is 85.3 Å². The van der Waals surface area contributed by atoms with Crippen molar-refractivity contribution in [3.8, 4) is 17.3 Å². The van der Waals surface area contributed by atoms with Gasteiger partial charge in [-0.25, -0.2) is 4.98 Å². The van der Waals surface area contributed by atoms with Crippen LogP contribution >= 0.6 is 11.6 Å². The number of nitro groups is 1. The molecule has 0 bridgehead atoms. The van der Waals surface area contributed by atoms with Crippen LogP contribution in [0.15, 0.2) is 53.3 Å². The molecule has 0 atom stereocenters. The molecule has 1 aromatic heterocycles. The highest BCUT2D eigenvalue weighted by Crippen LogP contribution is 2.29. The molecule has 0 unspecified atom stereocenters. The molecule has 0 aliphatic carbocycles. The van der Waals surface area contributed by atoms with Gasteiger partial charge >= 0.3 is 0 Å². The van der Waals surface area contributed by atoms with Gasteiger partial charge in [-0.15, -0.1) is 0 Å². The topological polar surface area (TPSA) is 143 Å². The van der Waals surface area contributed by atoms with Gasteiger partial charge in [-0.2, -0.15) is 5.26 Å². The highest BCUT2D eigenvalue weighted by Gasteiger charge is 2.21. The smallest absolute Gasteiger partial charge is 0.294 e. The van der Waals surface area contributed by atoms with Crippen molar-refractivity contribution in [1.82, 2.24) is 14.9 Å². The molecule has 11 heteroatoms. The minimum Gasteiger partial charge on any atom is -0.363 e. The summed E-state index contributed by atoms with van der Waals surface area (Å²) in [5, 5.41) is 25.7. The number of hydrogen-bond acceptors (Lipinski definition) is 7. The summed E-state index contributed by atoms with van der Waals surface area (Å²) in [7, 11) is 0. The van der Waals surface area contributed by atoms with E-state index in [2.05, 4.69) is 15.6 Å². The third-order valence-electron chi connectivity index (χ3n) is 4.75. The Labute approximate surface area is 200 Å². The van der Waals surface area contributed by atoms with Crippen LogP contribution in [0, 0.1) is 21.4 Å². The van der Waals surface area contributed by atoms with E-state index in [4.69, 9.17) is 16.9 Å². The summed E-state index contributed by atoms with van der Waals surface area (Å²) in [6.45, 7) is 3.43. The normalized spacial score (nSPS) is 10.6. The van der Waals surface area contributed by atoms with Crippen molar-refractivity contribution >= 4 is 29.0 Å². The number of nitro benzene ring substituents is 1. The molecule has 0 spiro atoms. The van der Waals surface area contributed by atoms with Gasteiger partial charge in [-0.1, -0.05) is 35.9 Å². The van der Waals surface area contributed by atoms with E-state index < -0.39 is 16.4 Å². The lowest BCUT2D eigenvalue weighted by atomic mass is 10.1. The number of hydrogen-bond donors (Lipinski definition) is 2. The summed E-state index contributed by atoms with van der Waals surface area (Å²) >= 11 is 6.40. The van der Waals surface area contributed by atoms with Crippen LogP contribution in [0.1, 0.15) is 25.0 Å². The number of carbonyl (C=O) groups excluding carboxylic acids is 1.